The number of hydrogen-bond donors (Lipinski definition) is 1. The SMILES string of the molecule is Cc1ccc(OCCN(C)C(=O)Nc2ccccc2Cl)cc1. The number of carbonyl (C=O) groups is 1. The topological polar surface area (TPSA) is 41.6 Å². The zero-order chi connectivity index (χ0) is 15.9. The average Bonchev–Trinajstić information content (AvgIpc) is 2.51. The van der Waals surface area contributed by atoms with E-state index in [1.165, 1.54) is 5.56 Å². The number of benzene rings is 2. The van der Waals surface area contributed by atoms with E-state index in [1.54, 1.807) is 24.1 Å². The van der Waals surface area contributed by atoms with Crippen LogP contribution < -0.4 is 10.1 Å². The second-order valence-corrected chi connectivity index (χ2v) is 5.40. The Morgan fingerprint density at radius 2 is 1.86 bits per heavy atom. The molecule has 2 aromatic rings. The van der Waals surface area contributed by atoms with Crippen molar-refractivity contribution < 1.29 is 9.53 Å². The molecule has 2 rings (SSSR count). The molecule has 0 aliphatic rings. The van der Waals surface area contributed by atoms with E-state index < -0.39 is 0 Å². The molecular weight excluding hydrogens is 300 g/mol. The van der Waals surface area contributed by atoms with E-state index >= 15 is 0 Å². The molecule has 4 nitrogen and oxygen atoms in total. The van der Waals surface area contributed by atoms with Crippen LogP contribution in [0.5, 0.6) is 5.75 Å². The maximum absolute atomic E-state index is 12.1. The number of ether oxygens (including phenoxy) is 1. The molecule has 2 amide bonds. The zero-order valence-corrected chi connectivity index (χ0v) is 13.4. The minimum absolute atomic E-state index is 0.222. The van der Waals surface area contributed by atoms with Crippen LogP contribution in [0.25, 0.3) is 0 Å². The summed E-state index contributed by atoms with van der Waals surface area (Å²) in [4.78, 5) is 13.6. The second-order valence-electron chi connectivity index (χ2n) is 4.99. The Balaban J connectivity index is 1.79. The minimum Gasteiger partial charge on any atom is -0.492 e. The van der Waals surface area contributed by atoms with E-state index in [-0.39, 0.29) is 6.03 Å². The van der Waals surface area contributed by atoms with Crippen molar-refractivity contribution in [3.05, 3.63) is 59.1 Å². The lowest BCUT2D eigenvalue weighted by Gasteiger charge is -2.18. The number of hydrogen-bond acceptors (Lipinski definition) is 2. The van der Waals surface area contributed by atoms with E-state index in [4.69, 9.17) is 16.3 Å². The summed E-state index contributed by atoms with van der Waals surface area (Å²) < 4.78 is 5.61. The molecule has 0 atom stereocenters. The first-order valence-corrected chi connectivity index (χ1v) is 7.40. The Labute approximate surface area is 135 Å². The van der Waals surface area contributed by atoms with Crippen molar-refractivity contribution in [1.29, 1.82) is 0 Å². The van der Waals surface area contributed by atoms with Crippen molar-refractivity contribution in [2.24, 2.45) is 0 Å². The van der Waals surface area contributed by atoms with Crippen LogP contribution in [0.15, 0.2) is 48.5 Å². The number of anilines is 1. The Morgan fingerprint density at radius 1 is 1.18 bits per heavy atom. The number of carbonyl (C=O) groups excluding carboxylic acids is 1. The van der Waals surface area contributed by atoms with Crippen LogP contribution in [0.2, 0.25) is 5.02 Å². The van der Waals surface area contributed by atoms with Gasteiger partial charge in [0, 0.05) is 7.05 Å². The molecule has 0 spiro atoms. The predicted octanol–water partition coefficient (Wildman–Crippen LogP) is 4.19. The van der Waals surface area contributed by atoms with Gasteiger partial charge in [0.15, 0.2) is 0 Å². The maximum atomic E-state index is 12.1. The van der Waals surface area contributed by atoms with Gasteiger partial charge >= 0.3 is 6.03 Å². The van der Waals surface area contributed by atoms with E-state index in [0.29, 0.717) is 23.9 Å². The highest BCUT2D eigenvalue weighted by Gasteiger charge is 2.10. The summed E-state index contributed by atoms with van der Waals surface area (Å²) in [5, 5.41) is 3.28. The number of para-hydroxylation sites is 1. The van der Waals surface area contributed by atoms with Crippen LogP contribution >= 0.6 is 11.6 Å². The molecule has 0 saturated heterocycles. The number of aryl methyl sites for hydroxylation is 1. The molecule has 0 radical (unpaired) electrons. The van der Waals surface area contributed by atoms with E-state index in [0.717, 1.165) is 5.75 Å². The third-order valence-electron chi connectivity index (χ3n) is 3.18. The fourth-order valence-corrected chi connectivity index (χ4v) is 1.99. The fourth-order valence-electron chi connectivity index (χ4n) is 1.81. The van der Waals surface area contributed by atoms with Gasteiger partial charge in [-0.05, 0) is 31.2 Å². The van der Waals surface area contributed by atoms with Gasteiger partial charge in [-0.3, -0.25) is 0 Å². The molecule has 0 unspecified atom stereocenters. The molecule has 116 valence electrons. The first-order chi connectivity index (χ1) is 10.6. The van der Waals surface area contributed by atoms with Gasteiger partial charge in [0.25, 0.3) is 0 Å². The van der Waals surface area contributed by atoms with Crippen LogP contribution in [-0.4, -0.2) is 31.1 Å². The average molecular weight is 319 g/mol. The van der Waals surface area contributed by atoms with E-state index in [9.17, 15) is 4.79 Å². The van der Waals surface area contributed by atoms with Crippen LogP contribution in [-0.2, 0) is 0 Å². The first kappa shape index (κ1) is 16.2. The first-order valence-electron chi connectivity index (χ1n) is 7.02. The van der Waals surface area contributed by atoms with Crippen molar-refractivity contribution in [2.45, 2.75) is 6.92 Å². The normalized spacial score (nSPS) is 10.1. The summed E-state index contributed by atoms with van der Waals surface area (Å²) in [7, 11) is 1.71. The second kappa shape index (κ2) is 7.71. The van der Waals surface area contributed by atoms with Gasteiger partial charge in [0.1, 0.15) is 12.4 Å². The summed E-state index contributed by atoms with van der Waals surface area (Å²) in [6.45, 7) is 2.93. The Hall–Kier alpha value is -2.20. The Bertz CT molecular complexity index is 629. The monoisotopic (exact) mass is 318 g/mol. The van der Waals surface area contributed by atoms with E-state index in [1.807, 2.05) is 43.3 Å². The van der Waals surface area contributed by atoms with Crippen molar-refractivity contribution in [3.8, 4) is 5.75 Å². The highest BCUT2D eigenvalue weighted by atomic mass is 35.5. The number of likely N-dealkylation sites (N-methyl/N-ethyl adjacent to an activating group) is 1. The van der Waals surface area contributed by atoms with Gasteiger partial charge in [-0.1, -0.05) is 41.4 Å². The van der Waals surface area contributed by atoms with Gasteiger partial charge in [0.2, 0.25) is 0 Å². The number of amides is 2. The maximum Gasteiger partial charge on any atom is 0.321 e. The zero-order valence-electron chi connectivity index (χ0n) is 12.7. The van der Waals surface area contributed by atoms with Gasteiger partial charge in [0.05, 0.1) is 17.3 Å². The van der Waals surface area contributed by atoms with E-state index in [2.05, 4.69) is 5.32 Å². The smallest absolute Gasteiger partial charge is 0.321 e. The molecule has 1 N–H and O–H groups in total. The predicted molar refractivity (Wildman–Crippen MR) is 89.8 cm³/mol. The number of halogens is 1. The number of rotatable bonds is 5. The summed E-state index contributed by atoms with van der Waals surface area (Å²) in [6.07, 6.45) is 0. The summed E-state index contributed by atoms with van der Waals surface area (Å²) in [6, 6.07) is 14.7. The number of nitrogens with zero attached hydrogens (tertiary/aromatic N) is 1. The third kappa shape index (κ3) is 4.67. The highest BCUT2D eigenvalue weighted by Crippen LogP contribution is 2.20. The summed E-state index contributed by atoms with van der Waals surface area (Å²) in [5.41, 5.74) is 1.78. The minimum atomic E-state index is -0.222. The van der Waals surface area contributed by atoms with Gasteiger partial charge in [-0.25, -0.2) is 4.79 Å². The Morgan fingerprint density at radius 3 is 2.55 bits per heavy atom. The molecule has 0 bridgehead atoms. The molecule has 5 heteroatoms. The van der Waals surface area contributed by atoms with Crippen LogP contribution in [0.1, 0.15) is 5.56 Å². The van der Waals surface area contributed by atoms with Gasteiger partial charge < -0.3 is 15.0 Å². The lowest BCUT2D eigenvalue weighted by molar-refractivity contribution is 0.207. The molecule has 0 aromatic heterocycles. The largest absolute Gasteiger partial charge is 0.492 e. The molecule has 2 aromatic carbocycles. The number of urea groups is 1. The lowest BCUT2D eigenvalue weighted by Crippen LogP contribution is -2.34. The van der Waals surface area contributed by atoms with Crippen LogP contribution in [0.3, 0.4) is 0 Å². The fraction of sp³-hybridized carbons (Fsp3) is 0.235. The molecule has 22 heavy (non-hydrogen) atoms. The summed E-state index contributed by atoms with van der Waals surface area (Å²) >= 11 is 6.01. The van der Waals surface area contributed by atoms with Crippen LogP contribution in [0, 0.1) is 6.92 Å². The van der Waals surface area contributed by atoms with Crippen molar-refractivity contribution >= 4 is 23.3 Å². The summed E-state index contributed by atoms with van der Waals surface area (Å²) in [5.74, 6) is 0.797. The van der Waals surface area contributed by atoms with Gasteiger partial charge in [-0.2, -0.15) is 0 Å². The van der Waals surface area contributed by atoms with Crippen molar-refractivity contribution in [1.82, 2.24) is 4.90 Å². The molecule has 0 aliphatic heterocycles. The van der Waals surface area contributed by atoms with Crippen LogP contribution in [0.4, 0.5) is 10.5 Å². The molecule has 0 fully saturated rings. The highest BCUT2D eigenvalue weighted by molar-refractivity contribution is 6.33. The van der Waals surface area contributed by atoms with Crippen molar-refractivity contribution in [3.63, 3.8) is 0 Å². The number of nitrogens with one attached hydrogen (secondary N) is 1. The van der Waals surface area contributed by atoms with Crippen molar-refractivity contribution in [2.75, 3.05) is 25.5 Å². The molecule has 0 saturated carbocycles. The standard InChI is InChI=1S/C17H19ClN2O2/c1-13-7-9-14(10-8-13)22-12-11-20(2)17(21)19-16-6-4-3-5-15(16)18/h3-10H,11-12H2,1-2H3,(H,19,21). The Kier molecular flexibility index (Phi) is 5.67. The lowest BCUT2D eigenvalue weighted by atomic mass is 10.2. The molecular formula is C17H19ClN2O2. The quantitative estimate of drug-likeness (QED) is 0.898. The molecule has 0 heterocycles. The molecule has 0 aliphatic carbocycles. The third-order valence-corrected chi connectivity index (χ3v) is 3.51. The van der Waals surface area contributed by atoms with Gasteiger partial charge in [-0.15, -0.1) is 0 Å².